The number of amides is 1. The van der Waals surface area contributed by atoms with Gasteiger partial charge < -0.3 is 15.1 Å². The molecule has 5 heteroatoms. The monoisotopic (exact) mass is 394 g/mol. The van der Waals surface area contributed by atoms with Crippen LogP contribution in [0.25, 0.3) is 0 Å². The molecule has 1 heterocycles. The number of hydrogen-bond acceptors (Lipinski definition) is 4. The SMILES string of the molecule is CCN(CC)c1ccc(NCCC(=O)N2CCN(Cc3ccccc3)CC2)cc1. The van der Waals surface area contributed by atoms with Gasteiger partial charge in [-0.2, -0.15) is 0 Å². The number of carbonyl (C=O) groups is 1. The molecule has 0 saturated carbocycles. The number of benzene rings is 2. The Morgan fingerprint density at radius 1 is 0.931 bits per heavy atom. The molecule has 1 amide bonds. The zero-order valence-electron chi connectivity index (χ0n) is 17.8. The van der Waals surface area contributed by atoms with Gasteiger partial charge in [-0.25, -0.2) is 0 Å². The van der Waals surface area contributed by atoms with Crippen LogP contribution in [-0.4, -0.2) is 61.5 Å². The topological polar surface area (TPSA) is 38.8 Å². The molecule has 2 aromatic carbocycles. The molecule has 2 aromatic rings. The van der Waals surface area contributed by atoms with E-state index >= 15 is 0 Å². The van der Waals surface area contributed by atoms with E-state index in [-0.39, 0.29) is 5.91 Å². The van der Waals surface area contributed by atoms with E-state index in [1.54, 1.807) is 0 Å². The molecule has 29 heavy (non-hydrogen) atoms. The van der Waals surface area contributed by atoms with Gasteiger partial charge in [-0.05, 0) is 43.7 Å². The molecule has 0 bridgehead atoms. The number of carbonyl (C=O) groups excluding carboxylic acids is 1. The number of nitrogens with one attached hydrogen (secondary N) is 1. The fourth-order valence-corrected chi connectivity index (χ4v) is 3.85. The van der Waals surface area contributed by atoms with Crippen molar-refractivity contribution in [2.75, 3.05) is 56.0 Å². The minimum atomic E-state index is 0.247. The van der Waals surface area contributed by atoms with Crippen molar-refractivity contribution in [3.8, 4) is 0 Å². The van der Waals surface area contributed by atoms with E-state index in [9.17, 15) is 4.79 Å². The van der Waals surface area contributed by atoms with Crippen LogP contribution < -0.4 is 10.2 Å². The number of anilines is 2. The van der Waals surface area contributed by atoms with Crippen molar-refractivity contribution in [1.82, 2.24) is 9.80 Å². The lowest BCUT2D eigenvalue weighted by molar-refractivity contribution is -0.132. The fraction of sp³-hybridized carbons (Fsp3) is 0.458. The fourth-order valence-electron chi connectivity index (χ4n) is 3.85. The molecule has 0 spiro atoms. The first kappa shape index (κ1) is 21.2. The predicted octanol–water partition coefficient (Wildman–Crippen LogP) is 3.68. The summed E-state index contributed by atoms with van der Waals surface area (Å²) in [6.07, 6.45) is 0.538. The summed E-state index contributed by atoms with van der Waals surface area (Å²) in [6, 6.07) is 19.0. The molecular formula is C24H34N4O. The van der Waals surface area contributed by atoms with Crippen molar-refractivity contribution in [2.24, 2.45) is 0 Å². The second-order valence-corrected chi connectivity index (χ2v) is 7.54. The minimum absolute atomic E-state index is 0.247. The largest absolute Gasteiger partial charge is 0.385 e. The standard InChI is InChI=1S/C24H34N4O/c1-3-27(4-2)23-12-10-22(11-13-23)25-15-14-24(29)28-18-16-26(17-19-28)20-21-8-6-5-7-9-21/h5-13,25H,3-4,14-20H2,1-2H3. The Hall–Kier alpha value is -2.53. The maximum Gasteiger partial charge on any atom is 0.224 e. The molecule has 1 fully saturated rings. The van der Waals surface area contributed by atoms with Crippen LogP contribution in [0.3, 0.4) is 0 Å². The Balaban J connectivity index is 1.37. The van der Waals surface area contributed by atoms with Gasteiger partial charge in [0.2, 0.25) is 5.91 Å². The van der Waals surface area contributed by atoms with Crippen LogP contribution in [0.2, 0.25) is 0 Å². The number of hydrogen-bond donors (Lipinski definition) is 1. The van der Waals surface area contributed by atoms with Crippen molar-refractivity contribution in [3.63, 3.8) is 0 Å². The molecule has 0 radical (unpaired) electrons. The first-order chi connectivity index (χ1) is 14.2. The summed E-state index contributed by atoms with van der Waals surface area (Å²) in [4.78, 5) is 19.3. The Morgan fingerprint density at radius 3 is 2.21 bits per heavy atom. The summed E-state index contributed by atoms with van der Waals surface area (Å²) >= 11 is 0. The maximum atomic E-state index is 12.5. The van der Waals surface area contributed by atoms with Crippen LogP contribution in [0.4, 0.5) is 11.4 Å². The van der Waals surface area contributed by atoms with Gasteiger partial charge in [0.25, 0.3) is 0 Å². The molecule has 0 unspecified atom stereocenters. The van der Waals surface area contributed by atoms with Crippen LogP contribution in [0, 0.1) is 0 Å². The van der Waals surface area contributed by atoms with Crippen molar-refractivity contribution in [3.05, 3.63) is 60.2 Å². The molecule has 0 aromatic heterocycles. The van der Waals surface area contributed by atoms with Crippen molar-refractivity contribution >= 4 is 17.3 Å². The normalized spacial score (nSPS) is 14.6. The molecule has 1 aliphatic heterocycles. The second kappa shape index (κ2) is 10.9. The van der Waals surface area contributed by atoms with E-state index in [0.29, 0.717) is 13.0 Å². The lowest BCUT2D eigenvalue weighted by Gasteiger charge is -2.34. The molecule has 1 aliphatic rings. The Bertz CT molecular complexity index is 735. The van der Waals surface area contributed by atoms with E-state index in [4.69, 9.17) is 0 Å². The Labute approximate surface area is 175 Å². The first-order valence-electron chi connectivity index (χ1n) is 10.8. The van der Waals surface area contributed by atoms with Crippen molar-refractivity contribution in [2.45, 2.75) is 26.8 Å². The van der Waals surface area contributed by atoms with Crippen LogP contribution in [-0.2, 0) is 11.3 Å². The summed E-state index contributed by atoms with van der Waals surface area (Å²) in [6.45, 7) is 11.5. The summed E-state index contributed by atoms with van der Waals surface area (Å²) in [7, 11) is 0. The van der Waals surface area contributed by atoms with Gasteiger partial charge in [-0.15, -0.1) is 0 Å². The average molecular weight is 395 g/mol. The van der Waals surface area contributed by atoms with E-state index in [2.05, 4.69) is 77.5 Å². The smallest absolute Gasteiger partial charge is 0.224 e. The third-order valence-corrected chi connectivity index (χ3v) is 5.64. The van der Waals surface area contributed by atoms with Crippen LogP contribution >= 0.6 is 0 Å². The number of rotatable bonds is 9. The Morgan fingerprint density at radius 2 is 1.59 bits per heavy atom. The summed E-state index contributed by atoms with van der Waals surface area (Å²) in [5.74, 6) is 0.247. The number of nitrogens with zero attached hydrogens (tertiary/aromatic N) is 3. The van der Waals surface area contributed by atoms with Gasteiger partial charge in [0, 0.05) is 70.2 Å². The van der Waals surface area contributed by atoms with Gasteiger partial charge in [0.1, 0.15) is 0 Å². The zero-order valence-corrected chi connectivity index (χ0v) is 17.8. The maximum absolute atomic E-state index is 12.5. The average Bonchev–Trinajstić information content (AvgIpc) is 2.77. The summed E-state index contributed by atoms with van der Waals surface area (Å²) in [5, 5.41) is 3.38. The van der Waals surface area contributed by atoms with Gasteiger partial charge >= 0.3 is 0 Å². The van der Waals surface area contributed by atoms with Gasteiger partial charge in [-0.1, -0.05) is 30.3 Å². The van der Waals surface area contributed by atoms with E-state index in [1.807, 2.05) is 11.0 Å². The third kappa shape index (κ3) is 6.23. The summed E-state index contributed by atoms with van der Waals surface area (Å²) < 4.78 is 0. The highest BCUT2D eigenvalue weighted by atomic mass is 16.2. The highest BCUT2D eigenvalue weighted by Crippen LogP contribution is 2.17. The van der Waals surface area contributed by atoms with Gasteiger partial charge in [0.15, 0.2) is 0 Å². The van der Waals surface area contributed by atoms with Gasteiger partial charge in [0.05, 0.1) is 0 Å². The quantitative estimate of drug-likeness (QED) is 0.704. The lowest BCUT2D eigenvalue weighted by atomic mass is 10.2. The highest BCUT2D eigenvalue weighted by molar-refractivity contribution is 5.77. The van der Waals surface area contributed by atoms with Crippen molar-refractivity contribution < 1.29 is 4.79 Å². The van der Waals surface area contributed by atoms with E-state index in [1.165, 1.54) is 11.3 Å². The molecule has 1 N–H and O–H groups in total. The molecule has 1 saturated heterocycles. The Kier molecular flexibility index (Phi) is 7.94. The molecule has 156 valence electrons. The van der Waals surface area contributed by atoms with Crippen LogP contribution in [0.15, 0.2) is 54.6 Å². The van der Waals surface area contributed by atoms with Crippen molar-refractivity contribution in [1.29, 1.82) is 0 Å². The highest BCUT2D eigenvalue weighted by Gasteiger charge is 2.20. The number of piperazine rings is 1. The molecule has 0 aliphatic carbocycles. The predicted molar refractivity (Wildman–Crippen MR) is 121 cm³/mol. The van der Waals surface area contributed by atoms with Gasteiger partial charge in [-0.3, -0.25) is 9.69 Å². The minimum Gasteiger partial charge on any atom is -0.385 e. The first-order valence-corrected chi connectivity index (χ1v) is 10.8. The van der Waals surface area contributed by atoms with Crippen LogP contribution in [0.1, 0.15) is 25.8 Å². The van der Waals surface area contributed by atoms with Crippen LogP contribution in [0.5, 0.6) is 0 Å². The molecule has 5 nitrogen and oxygen atoms in total. The summed E-state index contributed by atoms with van der Waals surface area (Å²) in [5.41, 5.74) is 3.65. The van der Waals surface area contributed by atoms with E-state index < -0.39 is 0 Å². The molecular weight excluding hydrogens is 360 g/mol. The molecule has 3 rings (SSSR count). The van der Waals surface area contributed by atoms with E-state index in [0.717, 1.165) is 51.5 Å². The third-order valence-electron chi connectivity index (χ3n) is 5.64. The zero-order chi connectivity index (χ0) is 20.5. The lowest BCUT2D eigenvalue weighted by Crippen LogP contribution is -2.48. The second-order valence-electron chi connectivity index (χ2n) is 7.54. The molecule has 0 atom stereocenters.